The van der Waals surface area contributed by atoms with Gasteiger partial charge in [0.15, 0.2) is 0 Å². The zero-order valence-electron chi connectivity index (χ0n) is 8.21. The lowest BCUT2D eigenvalue weighted by atomic mass is 10.1. The molecular formula is C10H16O3. The van der Waals surface area contributed by atoms with Crippen molar-refractivity contribution in [2.45, 2.75) is 32.8 Å². The van der Waals surface area contributed by atoms with E-state index in [0.29, 0.717) is 6.61 Å². The highest BCUT2D eigenvalue weighted by Gasteiger charge is 2.52. The van der Waals surface area contributed by atoms with E-state index in [4.69, 9.17) is 9.47 Å². The van der Waals surface area contributed by atoms with E-state index in [1.165, 1.54) is 0 Å². The Morgan fingerprint density at radius 1 is 1.54 bits per heavy atom. The Hall–Kier alpha value is -0.570. The van der Waals surface area contributed by atoms with Crippen molar-refractivity contribution in [2.24, 2.45) is 11.3 Å². The molecule has 2 fully saturated rings. The van der Waals surface area contributed by atoms with Crippen LogP contribution in [0, 0.1) is 11.3 Å². The minimum Gasteiger partial charge on any atom is -0.460 e. The van der Waals surface area contributed by atoms with Crippen LogP contribution >= 0.6 is 0 Å². The predicted molar refractivity (Wildman–Crippen MR) is 47.2 cm³/mol. The third kappa shape index (κ3) is 1.85. The summed E-state index contributed by atoms with van der Waals surface area (Å²) in [5.41, 5.74) is 0.177. The minimum absolute atomic E-state index is 0.0175. The molecule has 0 bridgehead atoms. The van der Waals surface area contributed by atoms with Crippen LogP contribution in [0.5, 0.6) is 0 Å². The summed E-state index contributed by atoms with van der Waals surface area (Å²) in [4.78, 5) is 11.5. The summed E-state index contributed by atoms with van der Waals surface area (Å²) < 4.78 is 10.4. The molecule has 1 aliphatic carbocycles. The molecule has 1 heterocycles. The van der Waals surface area contributed by atoms with E-state index >= 15 is 0 Å². The first-order valence-corrected chi connectivity index (χ1v) is 4.88. The van der Waals surface area contributed by atoms with Crippen LogP contribution in [0.15, 0.2) is 0 Å². The molecule has 0 N–H and O–H groups in total. The van der Waals surface area contributed by atoms with Crippen LogP contribution in [0.25, 0.3) is 0 Å². The molecule has 0 spiro atoms. The highest BCUT2D eigenvalue weighted by molar-refractivity contribution is 5.76. The summed E-state index contributed by atoms with van der Waals surface area (Å²) in [7, 11) is 0. The molecule has 1 aliphatic heterocycles. The second kappa shape index (κ2) is 2.98. The second-order valence-electron chi connectivity index (χ2n) is 4.67. The van der Waals surface area contributed by atoms with Crippen LogP contribution in [0.4, 0.5) is 0 Å². The van der Waals surface area contributed by atoms with Crippen molar-refractivity contribution < 1.29 is 14.3 Å². The van der Waals surface area contributed by atoms with Gasteiger partial charge in [0.25, 0.3) is 0 Å². The normalized spacial score (nSPS) is 35.8. The lowest BCUT2D eigenvalue weighted by Gasteiger charge is -2.10. The van der Waals surface area contributed by atoms with Gasteiger partial charge in [0.2, 0.25) is 0 Å². The molecular weight excluding hydrogens is 168 g/mol. The Morgan fingerprint density at radius 2 is 2.23 bits per heavy atom. The first kappa shape index (κ1) is 9.00. The lowest BCUT2D eigenvalue weighted by molar-refractivity contribution is -0.151. The van der Waals surface area contributed by atoms with Gasteiger partial charge in [0.1, 0.15) is 6.10 Å². The first-order chi connectivity index (χ1) is 6.09. The van der Waals surface area contributed by atoms with Gasteiger partial charge in [-0.1, -0.05) is 13.8 Å². The SMILES string of the molecule is CC1(C)CC1C(=O)O[C@H]1CCOC1. The largest absolute Gasteiger partial charge is 0.460 e. The second-order valence-corrected chi connectivity index (χ2v) is 4.67. The van der Waals surface area contributed by atoms with E-state index in [1.54, 1.807) is 0 Å². The molecule has 1 saturated heterocycles. The van der Waals surface area contributed by atoms with E-state index in [1.807, 2.05) is 0 Å². The maximum absolute atomic E-state index is 11.5. The Balaban J connectivity index is 1.79. The Kier molecular flexibility index (Phi) is 2.06. The van der Waals surface area contributed by atoms with E-state index in [9.17, 15) is 4.79 Å². The fourth-order valence-electron chi connectivity index (χ4n) is 1.72. The van der Waals surface area contributed by atoms with Crippen LogP contribution in [-0.2, 0) is 14.3 Å². The van der Waals surface area contributed by atoms with Gasteiger partial charge in [0, 0.05) is 6.42 Å². The molecule has 1 saturated carbocycles. The monoisotopic (exact) mass is 184 g/mol. The number of carbonyl (C=O) groups excluding carboxylic acids is 1. The van der Waals surface area contributed by atoms with E-state index in [-0.39, 0.29) is 23.4 Å². The molecule has 2 aliphatic rings. The molecule has 0 radical (unpaired) electrons. The van der Waals surface area contributed by atoms with Crippen molar-refractivity contribution in [1.29, 1.82) is 0 Å². The fourth-order valence-corrected chi connectivity index (χ4v) is 1.72. The van der Waals surface area contributed by atoms with E-state index < -0.39 is 0 Å². The highest BCUT2D eigenvalue weighted by atomic mass is 16.6. The fraction of sp³-hybridized carbons (Fsp3) is 0.900. The molecule has 2 atom stereocenters. The Bertz CT molecular complexity index is 216. The maximum atomic E-state index is 11.5. The van der Waals surface area contributed by atoms with Gasteiger partial charge in [-0.25, -0.2) is 0 Å². The molecule has 13 heavy (non-hydrogen) atoms. The maximum Gasteiger partial charge on any atom is 0.309 e. The first-order valence-electron chi connectivity index (χ1n) is 4.88. The standard InChI is InChI=1S/C10H16O3/c1-10(2)5-8(10)9(11)13-7-3-4-12-6-7/h7-8H,3-6H2,1-2H3/t7-,8?/m0/s1. The number of rotatable bonds is 2. The third-order valence-corrected chi connectivity index (χ3v) is 2.97. The number of carbonyl (C=O) groups is 1. The van der Waals surface area contributed by atoms with Crippen LogP contribution < -0.4 is 0 Å². The molecule has 0 amide bonds. The number of esters is 1. The van der Waals surface area contributed by atoms with Gasteiger partial charge in [-0.3, -0.25) is 4.79 Å². The van der Waals surface area contributed by atoms with E-state index in [2.05, 4.69) is 13.8 Å². The number of ether oxygens (including phenoxy) is 2. The van der Waals surface area contributed by atoms with Crippen LogP contribution in [0.1, 0.15) is 26.7 Å². The zero-order valence-corrected chi connectivity index (χ0v) is 8.21. The molecule has 2 rings (SSSR count). The van der Waals surface area contributed by atoms with Crippen LogP contribution in [0.2, 0.25) is 0 Å². The molecule has 3 nitrogen and oxygen atoms in total. The molecule has 1 unspecified atom stereocenters. The van der Waals surface area contributed by atoms with Gasteiger partial charge >= 0.3 is 5.97 Å². The molecule has 0 aromatic carbocycles. The predicted octanol–water partition coefficient (Wildman–Crippen LogP) is 1.36. The Morgan fingerprint density at radius 3 is 2.69 bits per heavy atom. The quantitative estimate of drug-likeness (QED) is 0.608. The van der Waals surface area contributed by atoms with Crippen molar-refractivity contribution in [3.8, 4) is 0 Å². The van der Waals surface area contributed by atoms with Crippen molar-refractivity contribution in [3.05, 3.63) is 0 Å². The van der Waals surface area contributed by atoms with Gasteiger partial charge in [-0.2, -0.15) is 0 Å². The third-order valence-electron chi connectivity index (χ3n) is 2.97. The molecule has 74 valence electrons. The van der Waals surface area contributed by atoms with E-state index in [0.717, 1.165) is 19.4 Å². The average molecular weight is 184 g/mol. The summed E-state index contributed by atoms with van der Waals surface area (Å²) in [5, 5.41) is 0. The van der Waals surface area contributed by atoms with Gasteiger partial charge < -0.3 is 9.47 Å². The summed E-state index contributed by atoms with van der Waals surface area (Å²) >= 11 is 0. The lowest BCUT2D eigenvalue weighted by Crippen LogP contribution is -2.20. The number of hydrogen-bond acceptors (Lipinski definition) is 3. The molecule has 3 heteroatoms. The van der Waals surface area contributed by atoms with Gasteiger partial charge in [0.05, 0.1) is 19.1 Å². The van der Waals surface area contributed by atoms with Crippen molar-refractivity contribution in [2.75, 3.05) is 13.2 Å². The smallest absolute Gasteiger partial charge is 0.309 e. The number of hydrogen-bond donors (Lipinski definition) is 0. The van der Waals surface area contributed by atoms with Crippen LogP contribution in [-0.4, -0.2) is 25.3 Å². The van der Waals surface area contributed by atoms with Gasteiger partial charge in [-0.05, 0) is 11.8 Å². The zero-order chi connectivity index (χ0) is 9.47. The summed E-state index contributed by atoms with van der Waals surface area (Å²) in [6.07, 6.45) is 1.85. The van der Waals surface area contributed by atoms with Crippen molar-refractivity contribution >= 4 is 5.97 Å². The highest BCUT2D eigenvalue weighted by Crippen LogP contribution is 2.52. The topological polar surface area (TPSA) is 35.5 Å². The van der Waals surface area contributed by atoms with Crippen LogP contribution in [0.3, 0.4) is 0 Å². The van der Waals surface area contributed by atoms with Crippen molar-refractivity contribution in [1.82, 2.24) is 0 Å². The molecule has 0 aromatic rings. The average Bonchev–Trinajstić information content (AvgIpc) is 2.49. The Labute approximate surface area is 78.4 Å². The van der Waals surface area contributed by atoms with Crippen molar-refractivity contribution in [3.63, 3.8) is 0 Å². The molecule has 0 aromatic heterocycles. The van der Waals surface area contributed by atoms with Gasteiger partial charge in [-0.15, -0.1) is 0 Å². The summed E-state index contributed by atoms with van der Waals surface area (Å²) in [5.74, 6) is 0.105. The summed E-state index contributed by atoms with van der Waals surface area (Å²) in [6, 6.07) is 0. The summed E-state index contributed by atoms with van der Waals surface area (Å²) in [6.45, 7) is 5.51. The minimum atomic E-state index is -0.0273.